The van der Waals surface area contributed by atoms with E-state index in [0.717, 1.165) is 26.0 Å². The molecule has 98 valence electrons. The maximum atomic E-state index is 11.9. The zero-order chi connectivity index (χ0) is 12.1. The molecule has 5 heteroatoms. The summed E-state index contributed by atoms with van der Waals surface area (Å²) in [5, 5.41) is 3.35. The van der Waals surface area contributed by atoms with Crippen molar-refractivity contribution in [3.05, 3.63) is 0 Å². The molecule has 2 aliphatic heterocycles. The lowest BCUT2D eigenvalue weighted by molar-refractivity contribution is -0.153. The summed E-state index contributed by atoms with van der Waals surface area (Å²) in [6, 6.07) is 0. The van der Waals surface area contributed by atoms with Crippen LogP contribution in [0.4, 0.5) is 0 Å². The van der Waals surface area contributed by atoms with Gasteiger partial charge in [0.25, 0.3) is 0 Å². The largest absolute Gasteiger partial charge is 0.468 e. The van der Waals surface area contributed by atoms with Gasteiger partial charge in [0, 0.05) is 26.4 Å². The molecular weight excluding hydrogens is 222 g/mol. The Kier molecular flexibility index (Phi) is 4.36. The molecule has 2 fully saturated rings. The van der Waals surface area contributed by atoms with Crippen molar-refractivity contribution < 1.29 is 19.0 Å². The van der Waals surface area contributed by atoms with Crippen molar-refractivity contribution >= 4 is 5.97 Å². The number of esters is 1. The molecule has 2 rings (SSSR count). The number of hydrogen-bond donors (Lipinski definition) is 1. The minimum Gasteiger partial charge on any atom is -0.468 e. The number of carbonyl (C=O) groups is 1. The highest BCUT2D eigenvalue weighted by Gasteiger charge is 2.41. The van der Waals surface area contributed by atoms with Crippen LogP contribution in [0.3, 0.4) is 0 Å². The summed E-state index contributed by atoms with van der Waals surface area (Å²) in [5.74, 6) is -0.182. The van der Waals surface area contributed by atoms with Crippen LogP contribution in [0.2, 0.25) is 0 Å². The van der Waals surface area contributed by atoms with Crippen LogP contribution in [-0.2, 0) is 19.0 Å². The smallest absolute Gasteiger partial charge is 0.326 e. The minimum atomic E-state index is -0.570. The van der Waals surface area contributed by atoms with E-state index in [-0.39, 0.29) is 12.1 Å². The minimum absolute atomic E-state index is 0.182. The third-order valence-corrected chi connectivity index (χ3v) is 3.61. The van der Waals surface area contributed by atoms with E-state index in [9.17, 15) is 4.79 Å². The molecule has 1 N–H and O–H groups in total. The van der Waals surface area contributed by atoms with E-state index in [1.165, 1.54) is 7.11 Å². The number of methoxy groups -OCH3 is 1. The fraction of sp³-hybridized carbons (Fsp3) is 0.917. The zero-order valence-corrected chi connectivity index (χ0v) is 10.4. The summed E-state index contributed by atoms with van der Waals surface area (Å²) in [4.78, 5) is 11.9. The van der Waals surface area contributed by atoms with Crippen molar-refractivity contribution in [3.8, 4) is 0 Å². The molecule has 0 aromatic heterocycles. The van der Waals surface area contributed by atoms with E-state index in [1.807, 2.05) is 0 Å². The van der Waals surface area contributed by atoms with Crippen LogP contribution in [0.5, 0.6) is 0 Å². The van der Waals surface area contributed by atoms with Crippen molar-refractivity contribution in [1.82, 2.24) is 5.32 Å². The normalized spacial score (nSPS) is 27.9. The Hall–Kier alpha value is -0.650. The summed E-state index contributed by atoms with van der Waals surface area (Å²) in [6.45, 7) is 2.76. The van der Waals surface area contributed by atoms with E-state index >= 15 is 0 Å². The Morgan fingerprint density at radius 2 is 2.18 bits per heavy atom. The standard InChI is InChI=1S/C12H21NO4/c1-15-11(14)12(4-7-16-8-5-12)13-9-10-3-2-6-17-10/h10,13H,2-9H2,1H3. The Labute approximate surface area is 102 Å². The van der Waals surface area contributed by atoms with Crippen LogP contribution in [0, 0.1) is 0 Å². The first-order valence-corrected chi connectivity index (χ1v) is 6.30. The maximum absolute atomic E-state index is 11.9. The van der Waals surface area contributed by atoms with Gasteiger partial charge in [-0.15, -0.1) is 0 Å². The summed E-state index contributed by atoms with van der Waals surface area (Å²) < 4.78 is 15.8. The van der Waals surface area contributed by atoms with Crippen molar-refractivity contribution in [3.63, 3.8) is 0 Å². The average Bonchev–Trinajstić information content (AvgIpc) is 2.89. The van der Waals surface area contributed by atoms with Crippen molar-refractivity contribution in [2.45, 2.75) is 37.3 Å². The lowest BCUT2D eigenvalue weighted by Crippen LogP contribution is -2.57. The molecule has 1 unspecified atom stereocenters. The summed E-state index contributed by atoms with van der Waals surface area (Å²) >= 11 is 0. The van der Waals surface area contributed by atoms with Gasteiger partial charge < -0.3 is 14.2 Å². The van der Waals surface area contributed by atoms with E-state index in [2.05, 4.69) is 5.32 Å². The van der Waals surface area contributed by atoms with E-state index < -0.39 is 5.54 Å². The fourth-order valence-corrected chi connectivity index (χ4v) is 2.48. The second-order valence-electron chi connectivity index (χ2n) is 4.70. The molecule has 17 heavy (non-hydrogen) atoms. The highest BCUT2D eigenvalue weighted by Crippen LogP contribution is 2.23. The quantitative estimate of drug-likeness (QED) is 0.728. The second kappa shape index (κ2) is 5.80. The molecule has 0 radical (unpaired) electrons. The van der Waals surface area contributed by atoms with Gasteiger partial charge in [-0.1, -0.05) is 0 Å². The van der Waals surface area contributed by atoms with Crippen LogP contribution < -0.4 is 5.32 Å². The molecule has 0 spiro atoms. The molecular formula is C12H21NO4. The fourth-order valence-electron chi connectivity index (χ4n) is 2.48. The number of hydrogen-bond acceptors (Lipinski definition) is 5. The Bertz CT molecular complexity index is 257. The number of ether oxygens (including phenoxy) is 3. The monoisotopic (exact) mass is 243 g/mol. The molecule has 2 aliphatic rings. The Balaban J connectivity index is 1.92. The van der Waals surface area contributed by atoms with Crippen LogP contribution in [0.1, 0.15) is 25.7 Å². The summed E-state index contributed by atoms with van der Waals surface area (Å²) in [6.07, 6.45) is 3.76. The second-order valence-corrected chi connectivity index (χ2v) is 4.70. The van der Waals surface area contributed by atoms with E-state index in [4.69, 9.17) is 14.2 Å². The number of rotatable bonds is 4. The van der Waals surface area contributed by atoms with Gasteiger partial charge in [-0.3, -0.25) is 10.1 Å². The van der Waals surface area contributed by atoms with Gasteiger partial charge >= 0.3 is 5.97 Å². The topological polar surface area (TPSA) is 56.8 Å². The average molecular weight is 243 g/mol. The van der Waals surface area contributed by atoms with Gasteiger partial charge in [0.05, 0.1) is 13.2 Å². The lowest BCUT2D eigenvalue weighted by Gasteiger charge is -2.36. The van der Waals surface area contributed by atoms with Crippen LogP contribution in [0.15, 0.2) is 0 Å². The highest BCUT2D eigenvalue weighted by molar-refractivity contribution is 5.80. The Morgan fingerprint density at radius 1 is 1.41 bits per heavy atom. The molecule has 0 bridgehead atoms. The van der Waals surface area contributed by atoms with Gasteiger partial charge in [-0.05, 0) is 25.7 Å². The van der Waals surface area contributed by atoms with Gasteiger partial charge in [-0.2, -0.15) is 0 Å². The SMILES string of the molecule is COC(=O)C1(NCC2CCCO2)CCOCC1. The summed E-state index contributed by atoms with van der Waals surface area (Å²) in [7, 11) is 1.44. The molecule has 0 aliphatic carbocycles. The highest BCUT2D eigenvalue weighted by atomic mass is 16.5. The third-order valence-electron chi connectivity index (χ3n) is 3.61. The van der Waals surface area contributed by atoms with Gasteiger partial charge in [0.15, 0.2) is 0 Å². The van der Waals surface area contributed by atoms with Crippen molar-refractivity contribution in [2.24, 2.45) is 0 Å². The predicted molar refractivity (Wildman–Crippen MR) is 61.8 cm³/mol. The van der Waals surface area contributed by atoms with Crippen molar-refractivity contribution in [2.75, 3.05) is 33.5 Å². The first-order chi connectivity index (χ1) is 8.27. The molecule has 1 atom stereocenters. The molecule has 2 heterocycles. The predicted octanol–water partition coefficient (Wildman–Crippen LogP) is 0.477. The van der Waals surface area contributed by atoms with E-state index in [1.54, 1.807) is 0 Å². The molecule has 0 aromatic rings. The van der Waals surface area contributed by atoms with Crippen LogP contribution >= 0.6 is 0 Å². The third kappa shape index (κ3) is 2.97. The van der Waals surface area contributed by atoms with Gasteiger partial charge in [-0.25, -0.2) is 0 Å². The number of carbonyl (C=O) groups excluding carboxylic acids is 1. The molecule has 0 amide bonds. The first-order valence-electron chi connectivity index (χ1n) is 6.30. The zero-order valence-electron chi connectivity index (χ0n) is 10.4. The lowest BCUT2D eigenvalue weighted by atomic mass is 9.90. The molecule has 5 nitrogen and oxygen atoms in total. The van der Waals surface area contributed by atoms with Crippen molar-refractivity contribution in [1.29, 1.82) is 0 Å². The Morgan fingerprint density at radius 3 is 2.76 bits per heavy atom. The summed E-state index contributed by atoms with van der Waals surface area (Å²) in [5.41, 5.74) is -0.570. The molecule has 2 saturated heterocycles. The molecule has 0 aromatic carbocycles. The maximum Gasteiger partial charge on any atom is 0.326 e. The van der Waals surface area contributed by atoms with Gasteiger partial charge in [0.1, 0.15) is 5.54 Å². The van der Waals surface area contributed by atoms with Gasteiger partial charge in [0.2, 0.25) is 0 Å². The van der Waals surface area contributed by atoms with E-state index in [0.29, 0.717) is 26.1 Å². The number of nitrogens with one attached hydrogen (secondary N) is 1. The van der Waals surface area contributed by atoms with Crippen LogP contribution in [0.25, 0.3) is 0 Å². The first kappa shape index (κ1) is 12.8. The van der Waals surface area contributed by atoms with Crippen LogP contribution in [-0.4, -0.2) is 51.1 Å². The molecule has 0 saturated carbocycles.